The Balaban J connectivity index is 1.53. The Morgan fingerprint density at radius 1 is 1.05 bits per heavy atom. The van der Waals surface area contributed by atoms with Gasteiger partial charge in [0.15, 0.2) is 0 Å². The molecule has 0 spiro atoms. The molecule has 0 bridgehead atoms. The van der Waals surface area contributed by atoms with Crippen LogP contribution in [0.4, 0.5) is 0 Å². The molecular formula is C17H21N3O. The minimum atomic E-state index is 0.000337. The Morgan fingerprint density at radius 3 is 2.62 bits per heavy atom. The first-order valence-electron chi connectivity index (χ1n) is 7.26. The molecule has 0 saturated carbocycles. The normalized spacial score (nSPS) is 10.3. The largest absolute Gasteiger partial charge is 0.349 e. The molecule has 4 heteroatoms. The predicted molar refractivity (Wildman–Crippen MR) is 83.7 cm³/mol. The number of amides is 1. The van der Waals surface area contributed by atoms with Crippen LogP contribution in [0.1, 0.15) is 17.7 Å². The second-order valence-corrected chi connectivity index (χ2v) is 4.86. The topological polar surface area (TPSA) is 54.0 Å². The zero-order valence-corrected chi connectivity index (χ0v) is 12.1. The van der Waals surface area contributed by atoms with E-state index in [1.807, 2.05) is 36.4 Å². The van der Waals surface area contributed by atoms with Crippen molar-refractivity contribution in [3.05, 3.63) is 66.0 Å². The minimum Gasteiger partial charge on any atom is -0.349 e. The number of aryl methyl sites for hydroxylation is 1. The Labute approximate surface area is 125 Å². The fourth-order valence-corrected chi connectivity index (χ4v) is 2.02. The van der Waals surface area contributed by atoms with Gasteiger partial charge in [-0.1, -0.05) is 36.4 Å². The molecule has 0 fully saturated rings. The third kappa shape index (κ3) is 6.19. The van der Waals surface area contributed by atoms with E-state index in [2.05, 4.69) is 27.8 Å². The fraction of sp³-hybridized carbons (Fsp3) is 0.294. The van der Waals surface area contributed by atoms with Crippen LogP contribution in [-0.2, 0) is 17.8 Å². The maximum Gasteiger partial charge on any atom is 0.234 e. The van der Waals surface area contributed by atoms with Gasteiger partial charge in [-0.2, -0.15) is 0 Å². The predicted octanol–water partition coefficient (Wildman–Crippen LogP) is 1.92. The number of benzene rings is 1. The van der Waals surface area contributed by atoms with E-state index in [1.54, 1.807) is 6.20 Å². The summed E-state index contributed by atoms with van der Waals surface area (Å²) < 4.78 is 0. The van der Waals surface area contributed by atoms with Crippen LogP contribution < -0.4 is 10.6 Å². The van der Waals surface area contributed by atoms with Crippen LogP contribution in [0.3, 0.4) is 0 Å². The molecule has 1 heterocycles. The quantitative estimate of drug-likeness (QED) is 0.728. The van der Waals surface area contributed by atoms with Crippen molar-refractivity contribution in [1.82, 2.24) is 15.6 Å². The lowest BCUT2D eigenvalue weighted by Gasteiger charge is -2.06. The van der Waals surface area contributed by atoms with E-state index in [-0.39, 0.29) is 5.91 Å². The average molecular weight is 283 g/mol. The Morgan fingerprint density at radius 2 is 1.86 bits per heavy atom. The molecular weight excluding hydrogens is 262 g/mol. The van der Waals surface area contributed by atoms with E-state index >= 15 is 0 Å². The van der Waals surface area contributed by atoms with E-state index in [1.165, 1.54) is 5.56 Å². The Hall–Kier alpha value is -2.20. The molecule has 0 radical (unpaired) electrons. The smallest absolute Gasteiger partial charge is 0.234 e. The molecule has 21 heavy (non-hydrogen) atoms. The molecule has 1 aromatic heterocycles. The number of nitrogens with one attached hydrogen (secondary N) is 2. The van der Waals surface area contributed by atoms with Crippen molar-refractivity contribution in [3.8, 4) is 0 Å². The molecule has 0 atom stereocenters. The molecule has 1 aromatic carbocycles. The maximum absolute atomic E-state index is 11.6. The molecule has 0 aliphatic carbocycles. The Bertz CT molecular complexity index is 528. The highest BCUT2D eigenvalue weighted by Crippen LogP contribution is 2.01. The highest BCUT2D eigenvalue weighted by Gasteiger charge is 2.01. The second kappa shape index (κ2) is 8.87. The fourth-order valence-electron chi connectivity index (χ4n) is 2.02. The van der Waals surface area contributed by atoms with Crippen molar-refractivity contribution < 1.29 is 4.79 Å². The summed E-state index contributed by atoms with van der Waals surface area (Å²) in [5, 5.41) is 6.00. The number of pyridine rings is 1. The van der Waals surface area contributed by atoms with E-state index in [0.29, 0.717) is 13.1 Å². The zero-order valence-electron chi connectivity index (χ0n) is 12.1. The number of hydrogen-bond donors (Lipinski definition) is 2. The van der Waals surface area contributed by atoms with Crippen LogP contribution in [0.2, 0.25) is 0 Å². The van der Waals surface area contributed by atoms with Gasteiger partial charge in [0.1, 0.15) is 0 Å². The lowest BCUT2D eigenvalue weighted by molar-refractivity contribution is -0.120. The van der Waals surface area contributed by atoms with Crippen LogP contribution in [0, 0.1) is 0 Å². The van der Waals surface area contributed by atoms with E-state index in [0.717, 1.165) is 25.1 Å². The van der Waals surface area contributed by atoms with E-state index < -0.39 is 0 Å². The summed E-state index contributed by atoms with van der Waals surface area (Å²) >= 11 is 0. The van der Waals surface area contributed by atoms with Crippen molar-refractivity contribution in [3.63, 3.8) is 0 Å². The van der Waals surface area contributed by atoms with Gasteiger partial charge < -0.3 is 10.6 Å². The molecule has 2 aromatic rings. The maximum atomic E-state index is 11.6. The number of rotatable bonds is 8. The summed E-state index contributed by atoms with van der Waals surface area (Å²) in [5.74, 6) is 0.000337. The van der Waals surface area contributed by atoms with Crippen LogP contribution in [0.5, 0.6) is 0 Å². The standard InChI is InChI=1S/C17H21N3O/c21-17(20-13-16-10-4-5-12-19-16)14-18-11-6-9-15-7-2-1-3-8-15/h1-5,7-8,10,12,18H,6,9,11,13-14H2,(H,20,21). The molecule has 4 nitrogen and oxygen atoms in total. The van der Waals surface area contributed by atoms with Gasteiger partial charge in [0.05, 0.1) is 18.8 Å². The molecule has 1 amide bonds. The van der Waals surface area contributed by atoms with Crippen molar-refractivity contribution in [2.24, 2.45) is 0 Å². The first kappa shape index (κ1) is 15.2. The zero-order chi connectivity index (χ0) is 14.8. The molecule has 0 unspecified atom stereocenters. The molecule has 0 aliphatic heterocycles. The summed E-state index contributed by atoms with van der Waals surface area (Å²) in [6.07, 6.45) is 3.78. The number of carbonyl (C=O) groups excluding carboxylic acids is 1. The van der Waals surface area contributed by atoms with Crippen LogP contribution in [0.15, 0.2) is 54.7 Å². The molecule has 2 N–H and O–H groups in total. The van der Waals surface area contributed by atoms with Crippen LogP contribution in [-0.4, -0.2) is 24.0 Å². The number of hydrogen-bond acceptors (Lipinski definition) is 3. The molecule has 0 saturated heterocycles. The molecule has 110 valence electrons. The minimum absolute atomic E-state index is 0.000337. The number of nitrogens with zero attached hydrogens (tertiary/aromatic N) is 1. The highest BCUT2D eigenvalue weighted by atomic mass is 16.1. The van der Waals surface area contributed by atoms with Crippen LogP contribution >= 0.6 is 0 Å². The van der Waals surface area contributed by atoms with Gasteiger partial charge in [-0.15, -0.1) is 0 Å². The van der Waals surface area contributed by atoms with Crippen LogP contribution in [0.25, 0.3) is 0 Å². The van der Waals surface area contributed by atoms with Crippen molar-refractivity contribution in [1.29, 1.82) is 0 Å². The van der Waals surface area contributed by atoms with Gasteiger partial charge in [-0.3, -0.25) is 9.78 Å². The summed E-state index contributed by atoms with van der Waals surface area (Å²) in [4.78, 5) is 15.8. The summed E-state index contributed by atoms with van der Waals surface area (Å²) in [6.45, 7) is 1.67. The Kier molecular flexibility index (Phi) is 6.42. The first-order chi connectivity index (χ1) is 10.3. The third-order valence-electron chi connectivity index (χ3n) is 3.14. The van der Waals surface area contributed by atoms with E-state index in [9.17, 15) is 4.79 Å². The van der Waals surface area contributed by atoms with Crippen molar-refractivity contribution in [2.75, 3.05) is 13.1 Å². The van der Waals surface area contributed by atoms with E-state index in [4.69, 9.17) is 0 Å². The van der Waals surface area contributed by atoms with Gasteiger partial charge in [0.25, 0.3) is 0 Å². The second-order valence-electron chi connectivity index (χ2n) is 4.86. The number of aromatic nitrogens is 1. The lowest BCUT2D eigenvalue weighted by atomic mass is 10.1. The number of carbonyl (C=O) groups is 1. The average Bonchev–Trinajstić information content (AvgIpc) is 2.54. The molecule has 2 rings (SSSR count). The summed E-state index contributed by atoms with van der Waals surface area (Å²) in [7, 11) is 0. The van der Waals surface area contributed by atoms with Crippen molar-refractivity contribution in [2.45, 2.75) is 19.4 Å². The monoisotopic (exact) mass is 283 g/mol. The van der Waals surface area contributed by atoms with Gasteiger partial charge >= 0.3 is 0 Å². The lowest BCUT2D eigenvalue weighted by Crippen LogP contribution is -2.34. The summed E-state index contributed by atoms with van der Waals surface area (Å²) in [5.41, 5.74) is 2.20. The van der Waals surface area contributed by atoms with Crippen molar-refractivity contribution >= 4 is 5.91 Å². The van der Waals surface area contributed by atoms with Gasteiger partial charge in [-0.05, 0) is 37.1 Å². The third-order valence-corrected chi connectivity index (χ3v) is 3.14. The molecule has 0 aliphatic rings. The first-order valence-corrected chi connectivity index (χ1v) is 7.26. The SMILES string of the molecule is O=C(CNCCCc1ccccc1)NCc1ccccn1. The summed E-state index contributed by atoms with van der Waals surface area (Å²) in [6, 6.07) is 16.0. The van der Waals surface area contributed by atoms with Gasteiger partial charge in [-0.25, -0.2) is 0 Å². The van der Waals surface area contributed by atoms with Gasteiger partial charge in [0, 0.05) is 6.20 Å². The highest BCUT2D eigenvalue weighted by molar-refractivity contribution is 5.77. The van der Waals surface area contributed by atoms with Gasteiger partial charge in [0.2, 0.25) is 5.91 Å².